The highest BCUT2D eigenvalue weighted by atomic mass is 32.2. The summed E-state index contributed by atoms with van der Waals surface area (Å²) in [6.45, 7) is 8.27. The molecule has 1 unspecified atom stereocenters. The van der Waals surface area contributed by atoms with E-state index in [-0.39, 0.29) is 11.9 Å². The summed E-state index contributed by atoms with van der Waals surface area (Å²) in [6.07, 6.45) is 5.14. The molecule has 0 aliphatic heterocycles. The van der Waals surface area contributed by atoms with Crippen LogP contribution in [0.2, 0.25) is 0 Å². The van der Waals surface area contributed by atoms with Gasteiger partial charge in [0, 0.05) is 25.4 Å². The molecule has 92 valence electrons. The van der Waals surface area contributed by atoms with E-state index in [4.69, 9.17) is 6.42 Å². The van der Waals surface area contributed by atoms with E-state index in [0.29, 0.717) is 0 Å². The van der Waals surface area contributed by atoms with Crippen molar-refractivity contribution < 1.29 is 4.79 Å². The lowest BCUT2D eigenvalue weighted by molar-refractivity contribution is -0.132. The molecular weight excluding hydrogens is 220 g/mol. The second kappa shape index (κ2) is 9.56. The SMILES string of the molecule is C#CCSCCNC(C)C(=O)N(CC)CC. The minimum atomic E-state index is -0.105. The van der Waals surface area contributed by atoms with Crippen molar-refractivity contribution in [1.82, 2.24) is 10.2 Å². The normalized spacial score (nSPS) is 11.9. The molecule has 0 spiro atoms. The minimum absolute atomic E-state index is 0.105. The first-order valence-corrected chi connectivity index (χ1v) is 6.86. The summed E-state index contributed by atoms with van der Waals surface area (Å²) in [5.41, 5.74) is 0. The van der Waals surface area contributed by atoms with E-state index in [2.05, 4.69) is 11.2 Å². The summed E-state index contributed by atoms with van der Waals surface area (Å²) in [5, 5.41) is 3.21. The van der Waals surface area contributed by atoms with E-state index in [1.807, 2.05) is 25.7 Å². The molecule has 0 radical (unpaired) electrons. The summed E-state index contributed by atoms with van der Waals surface area (Å²) in [4.78, 5) is 13.7. The second-order valence-corrected chi connectivity index (χ2v) is 4.55. The zero-order valence-corrected chi connectivity index (χ0v) is 11.3. The first-order chi connectivity index (χ1) is 7.67. The smallest absolute Gasteiger partial charge is 0.239 e. The third-order valence-electron chi connectivity index (χ3n) is 2.33. The first kappa shape index (κ1) is 15.3. The molecule has 0 aliphatic rings. The van der Waals surface area contributed by atoms with Crippen LogP contribution in [0.3, 0.4) is 0 Å². The quantitative estimate of drug-likeness (QED) is 0.513. The third-order valence-corrected chi connectivity index (χ3v) is 3.19. The summed E-state index contributed by atoms with van der Waals surface area (Å²) >= 11 is 1.70. The Labute approximate surface area is 103 Å². The number of nitrogens with zero attached hydrogens (tertiary/aromatic N) is 1. The van der Waals surface area contributed by atoms with Crippen molar-refractivity contribution in [2.75, 3.05) is 31.1 Å². The van der Waals surface area contributed by atoms with Crippen molar-refractivity contribution >= 4 is 17.7 Å². The fourth-order valence-corrected chi connectivity index (χ4v) is 1.90. The topological polar surface area (TPSA) is 32.3 Å². The average molecular weight is 242 g/mol. The Kier molecular flexibility index (Phi) is 9.16. The highest BCUT2D eigenvalue weighted by molar-refractivity contribution is 7.99. The molecule has 16 heavy (non-hydrogen) atoms. The van der Waals surface area contributed by atoms with Gasteiger partial charge in [0.25, 0.3) is 0 Å². The Bertz CT molecular complexity index is 234. The lowest BCUT2D eigenvalue weighted by atomic mass is 10.3. The van der Waals surface area contributed by atoms with Crippen LogP contribution in [0.1, 0.15) is 20.8 Å². The maximum Gasteiger partial charge on any atom is 0.239 e. The maximum absolute atomic E-state index is 11.8. The van der Waals surface area contributed by atoms with E-state index in [9.17, 15) is 4.79 Å². The molecule has 0 bridgehead atoms. The molecule has 3 nitrogen and oxygen atoms in total. The highest BCUT2D eigenvalue weighted by Gasteiger charge is 2.16. The Morgan fingerprint density at radius 3 is 2.62 bits per heavy atom. The predicted octanol–water partition coefficient (Wildman–Crippen LogP) is 1.20. The fraction of sp³-hybridized carbons (Fsp3) is 0.750. The van der Waals surface area contributed by atoms with Gasteiger partial charge in [-0.05, 0) is 20.8 Å². The van der Waals surface area contributed by atoms with Gasteiger partial charge >= 0.3 is 0 Å². The number of likely N-dealkylation sites (N-methyl/N-ethyl adjacent to an activating group) is 1. The predicted molar refractivity (Wildman–Crippen MR) is 71.6 cm³/mol. The standard InChI is InChI=1S/C12H22N2OS/c1-5-9-16-10-8-13-11(4)12(15)14(6-2)7-3/h1,11,13H,6-10H2,2-4H3. The van der Waals surface area contributed by atoms with Crippen LogP contribution in [0, 0.1) is 12.3 Å². The lowest BCUT2D eigenvalue weighted by Crippen LogP contribution is -2.45. The molecule has 0 rings (SSSR count). The average Bonchev–Trinajstić information content (AvgIpc) is 2.30. The number of carbonyl (C=O) groups excluding carboxylic acids is 1. The molecule has 1 amide bonds. The van der Waals surface area contributed by atoms with Crippen LogP contribution in [0.4, 0.5) is 0 Å². The fourth-order valence-electron chi connectivity index (χ4n) is 1.38. The number of amides is 1. The van der Waals surface area contributed by atoms with Gasteiger partial charge in [0.2, 0.25) is 5.91 Å². The van der Waals surface area contributed by atoms with Gasteiger partial charge in [-0.2, -0.15) is 0 Å². The van der Waals surface area contributed by atoms with Crippen molar-refractivity contribution in [3.8, 4) is 12.3 Å². The molecule has 0 aromatic heterocycles. The van der Waals surface area contributed by atoms with E-state index < -0.39 is 0 Å². The molecule has 0 fully saturated rings. The van der Waals surface area contributed by atoms with Gasteiger partial charge < -0.3 is 10.2 Å². The van der Waals surface area contributed by atoms with Gasteiger partial charge in [-0.3, -0.25) is 4.79 Å². The summed E-state index contributed by atoms with van der Waals surface area (Å²) in [7, 11) is 0. The van der Waals surface area contributed by atoms with Crippen molar-refractivity contribution in [2.45, 2.75) is 26.8 Å². The van der Waals surface area contributed by atoms with Gasteiger partial charge in [0.15, 0.2) is 0 Å². The largest absolute Gasteiger partial charge is 0.342 e. The van der Waals surface area contributed by atoms with Crippen LogP contribution in [0.15, 0.2) is 0 Å². The van der Waals surface area contributed by atoms with Gasteiger partial charge in [-0.15, -0.1) is 18.2 Å². The molecular formula is C12H22N2OS. The second-order valence-electron chi connectivity index (χ2n) is 3.44. The van der Waals surface area contributed by atoms with Crippen LogP contribution in [-0.4, -0.2) is 48.0 Å². The monoisotopic (exact) mass is 242 g/mol. The third kappa shape index (κ3) is 6.04. The maximum atomic E-state index is 11.8. The van der Waals surface area contributed by atoms with Crippen LogP contribution in [0.5, 0.6) is 0 Å². The molecule has 0 aromatic carbocycles. The molecule has 1 N–H and O–H groups in total. The Balaban J connectivity index is 3.75. The number of carbonyl (C=O) groups is 1. The van der Waals surface area contributed by atoms with Crippen LogP contribution >= 0.6 is 11.8 Å². The number of nitrogens with one attached hydrogen (secondary N) is 1. The van der Waals surface area contributed by atoms with E-state index >= 15 is 0 Å². The Morgan fingerprint density at radius 1 is 1.50 bits per heavy atom. The molecule has 0 aromatic rings. The minimum Gasteiger partial charge on any atom is -0.342 e. The van der Waals surface area contributed by atoms with E-state index in [0.717, 1.165) is 31.1 Å². The first-order valence-electron chi connectivity index (χ1n) is 5.70. The van der Waals surface area contributed by atoms with Gasteiger partial charge in [-0.25, -0.2) is 0 Å². The number of hydrogen-bond donors (Lipinski definition) is 1. The molecule has 1 atom stereocenters. The van der Waals surface area contributed by atoms with Gasteiger partial charge in [0.05, 0.1) is 11.8 Å². The summed E-state index contributed by atoms with van der Waals surface area (Å²) < 4.78 is 0. The van der Waals surface area contributed by atoms with Crippen LogP contribution < -0.4 is 5.32 Å². The number of thioether (sulfide) groups is 1. The van der Waals surface area contributed by atoms with E-state index in [1.54, 1.807) is 11.8 Å². The molecule has 0 saturated carbocycles. The van der Waals surface area contributed by atoms with Crippen LogP contribution in [-0.2, 0) is 4.79 Å². The van der Waals surface area contributed by atoms with E-state index in [1.165, 1.54) is 0 Å². The zero-order valence-electron chi connectivity index (χ0n) is 10.5. The molecule has 0 heterocycles. The molecule has 0 saturated heterocycles. The molecule has 0 aliphatic carbocycles. The number of rotatable bonds is 8. The zero-order chi connectivity index (χ0) is 12.4. The van der Waals surface area contributed by atoms with Crippen molar-refractivity contribution in [3.05, 3.63) is 0 Å². The summed E-state index contributed by atoms with van der Waals surface area (Å²) in [6, 6.07) is -0.105. The summed E-state index contributed by atoms with van der Waals surface area (Å²) in [5.74, 6) is 4.43. The van der Waals surface area contributed by atoms with Crippen molar-refractivity contribution in [3.63, 3.8) is 0 Å². The Morgan fingerprint density at radius 2 is 2.12 bits per heavy atom. The number of hydrogen-bond acceptors (Lipinski definition) is 3. The molecule has 4 heteroatoms. The highest BCUT2D eigenvalue weighted by Crippen LogP contribution is 1.98. The van der Waals surface area contributed by atoms with Gasteiger partial charge in [0.1, 0.15) is 0 Å². The Hall–Kier alpha value is -0.660. The van der Waals surface area contributed by atoms with Gasteiger partial charge in [-0.1, -0.05) is 5.92 Å². The van der Waals surface area contributed by atoms with Crippen molar-refractivity contribution in [1.29, 1.82) is 0 Å². The van der Waals surface area contributed by atoms with Crippen LogP contribution in [0.25, 0.3) is 0 Å². The lowest BCUT2D eigenvalue weighted by Gasteiger charge is -2.23. The van der Waals surface area contributed by atoms with Crippen molar-refractivity contribution in [2.24, 2.45) is 0 Å². The number of terminal acetylenes is 1.